The molecule has 1 saturated carbocycles. The van der Waals surface area contributed by atoms with E-state index in [2.05, 4.69) is 16.6 Å². The van der Waals surface area contributed by atoms with Crippen molar-refractivity contribution in [2.75, 3.05) is 26.3 Å². The van der Waals surface area contributed by atoms with Gasteiger partial charge in [0.05, 0.1) is 13.2 Å². The molecule has 6 N–H and O–H groups in total. The molecule has 0 radical (unpaired) electrons. The van der Waals surface area contributed by atoms with Gasteiger partial charge in [0.1, 0.15) is 0 Å². The summed E-state index contributed by atoms with van der Waals surface area (Å²) in [6.07, 6.45) is 6.43. The van der Waals surface area contributed by atoms with Crippen LogP contribution in [0, 0.1) is 0 Å². The molecule has 15 heavy (non-hydrogen) atoms. The van der Waals surface area contributed by atoms with E-state index in [1.807, 2.05) is 0 Å². The van der Waals surface area contributed by atoms with Crippen molar-refractivity contribution in [2.45, 2.75) is 38.1 Å². The van der Waals surface area contributed by atoms with Gasteiger partial charge in [-0.1, -0.05) is 19.3 Å². The minimum absolute atomic E-state index is 0.205. The molecule has 0 unspecified atom stereocenters. The molecule has 1 rings (SSSR count). The molecule has 0 aliphatic heterocycles. The maximum Gasteiger partial charge on any atom is 0.0558 e. The Balaban J connectivity index is 0.000000921. The largest absolute Gasteiger partial charge is 0.395 e. The molecule has 0 saturated heterocycles. The molecule has 0 bridgehead atoms. The number of hydrogen-bond donors (Lipinski definition) is 4. The molecule has 0 spiro atoms. The van der Waals surface area contributed by atoms with E-state index in [1.54, 1.807) is 0 Å². The van der Waals surface area contributed by atoms with Crippen LogP contribution < -0.4 is 11.7 Å². The molecule has 0 amide bonds. The molecule has 92 valence electrons. The molecule has 0 aromatic carbocycles. The van der Waals surface area contributed by atoms with Crippen LogP contribution in [0.25, 0.3) is 0 Å². The van der Waals surface area contributed by atoms with Crippen molar-refractivity contribution < 1.29 is 10.2 Å². The monoisotopic (exact) mass is 219 g/mol. The zero-order valence-electron chi connectivity index (χ0n) is 9.44. The zero-order chi connectivity index (χ0) is 11.5. The lowest BCUT2D eigenvalue weighted by atomic mass is 9.94. The van der Waals surface area contributed by atoms with Gasteiger partial charge < -0.3 is 10.2 Å². The minimum atomic E-state index is 0.205. The number of hydrazine groups is 1. The standard InChI is InChI=1S/C10H21NO2.H4N2/c12-8-6-11(7-9-13)10-4-2-1-3-5-10;1-2/h10,12-13H,1-9H2;1-2H2. The van der Waals surface area contributed by atoms with Gasteiger partial charge in [-0.3, -0.25) is 16.6 Å². The van der Waals surface area contributed by atoms with Crippen molar-refractivity contribution in [1.29, 1.82) is 0 Å². The van der Waals surface area contributed by atoms with E-state index in [4.69, 9.17) is 10.2 Å². The lowest BCUT2D eigenvalue weighted by Crippen LogP contribution is -2.40. The predicted octanol–water partition coefficient (Wildman–Crippen LogP) is -0.575. The zero-order valence-corrected chi connectivity index (χ0v) is 9.44. The number of aliphatic hydroxyl groups is 2. The fourth-order valence-corrected chi connectivity index (χ4v) is 2.18. The summed E-state index contributed by atoms with van der Waals surface area (Å²) in [6.45, 7) is 1.84. The maximum atomic E-state index is 8.87. The van der Waals surface area contributed by atoms with Gasteiger partial charge in [0.25, 0.3) is 0 Å². The van der Waals surface area contributed by atoms with Crippen LogP contribution >= 0.6 is 0 Å². The highest BCUT2D eigenvalue weighted by Gasteiger charge is 2.19. The summed E-state index contributed by atoms with van der Waals surface area (Å²) in [5.74, 6) is 8.00. The van der Waals surface area contributed by atoms with Crippen LogP contribution in [0.1, 0.15) is 32.1 Å². The molecule has 1 fully saturated rings. The summed E-state index contributed by atoms with van der Waals surface area (Å²) in [7, 11) is 0. The van der Waals surface area contributed by atoms with Gasteiger partial charge >= 0.3 is 0 Å². The average molecular weight is 219 g/mol. The van der Waals surface area contributed by atoms with E-state index in [-0.39, 0.29) is 13.2 Å². The number of hydrogen-bond acceptors (Lipinski definition) is 5. The molecule has 0 heterocycles. The second-order valence-corrected chi connectivity index (χ2v) is 3.78. The first kappa shape index (κ1) is 14.8. The Morgan fingerprint density at radius 3 is 1.80 bits per heavy atom. The number of rotatable bonds is 5. The van der Waals surface area contributed by atoms with Crippen molar-refractivity contribution in [3.63, 3.8) is 0 Å². The summed E-state index contributed by atoms with van der Waals surface area (Å²) in [6, 6.07) is 0.605. The summed E-state index contributed by atoms with van der Waals surface area (Å²) < 4.78 is 0. The van der Waals surface area contributed by atoms with Gasteiger partial charge in [-0.25, -0.2) is 0 Å². The Bertz CT molecular complexity index is 124. The van der Waals surface area contributed by atoms with Crippen molar-refractivity contribution in [2.24, 2.45) is 11.7 Å². The Labute approximate surface area is 92.0 Å². The van der Waals surface area contributed by atoms with Gasteiger partial charge in [0, 0.05) is 19.1 Å². The first-order valence-electron chi connectivity index (χ1n) is 5.67. The van der Waals surface area contributed by atoms with E-state index in [0.29, 0.717) is 19.1 Å². The molecule has 5 heteroatoms. The summed E-state index contributed by atoms with van der Waals surface area (Å²) >= 11 is 0. The Kier molecular flexibility index (Phi) is 10.2. The van der Waals surface area contributed by atoms with E-state index in [9.17, 15) is 0 Å². The fourth-order valence-electron chi connectivity index (χ4n) is 2.18. The molecule has 1 aliphatic rings. The lowest BCUT2D eigenvalue weighted by Gasteiger charge is -2.33. The maximum absolute atomic E-state index is 8.87. The van der Waals surface area contributed by atoms with Crippen molar-refractivity contribution in [3.8, 4) is 0 Å². The van der Waals surface area contributed by atoms with E-state index in [1.165, 1.54) is 32.1 Å². The van der Waals surface area contributed by atoms with E-state index >= 15 is 0 Å². The van der Waals surface area contributed by atoms with E-state index < -0.39 is 0 Å². The van der Waals surface area contributed by atoms with Crippen molar-refractivity contribution in [1.82, 2.24) is 4.90 Å². The lowest BCUT2D eigenvalue weighted by molar-refractivity contribution is 0.101. The number of nitrogens with two attached hydrogens (primary N) is 2. The Morgan fingerprint density at radius 2 is 1.40 bits per heavy atom. The van der Waals surface area contributed by atoms with Crippen LogP contribution in [0.5, 0.6) is 0 Å². The molecule has 0 atom stereocenters. The summed E-state index contributed by atoms with van der Waals surface area (Å²) in [5.41, 5.74) is 0. The van der Waals surface area contributed by atoms with Crippen LogP contribution in [0.2, 0.25) is 0 Å². The quantitative estimate of drug-likeness (QED) is 0.367. The predicted molar refractivity (Wildman–Crippen MR) is 61.0 cm³/mol. The SMILES string of the molecule is NN.OCCN(CCO)C1CCCCC1. The normalized spacial score (nSPS) is 17.4. The highest BCUT2D eigenvalue weighted by atomic mass is 16.3. The van der Waals surface area contributed by atoms with Crippen LogP contribution in [0.3, 0.4) is 0 Å². The first-order valence-corrected chi connectivity index (χ1v) is 5.67. The Morgan fingerprint density at radius 1 is 0.933 bits per heavy atom. The van der Waals surface area contributed by atoms with E-state index in [0.717, 1.165) is 0 Å². The van der Waals surface area contributed by atoms with Crippen molar-refractivity contribution in [3.05, 3.63) is 0 Å². The van der Waals surface area contributed by atoms with Crippen LogP contribution in [-0.4, -0.2) is 47.5 Å². The van der Waals surface area contributed by atoms with Gasteiger partial charge in [0.15, 0.2) is 0 Å². The number of nitrogens with zero attached hydrogens (tertiary/aromatic N) is 1. The highest BCUT2D eigenvalue weighted by molar-refractivity contribution is 4.75. The smallest absolute Gasteiger partial charge is 0.0558 e. The average Bonchev–Trinajstić information content (AvgIpc) is 2.33. The second-order valence-electron chi connectivity index (χ2n) is 3.78. The highest BCUT2D eigenvalue weighted by Crippen LogP contribution is 2.21. The minimum Gasteiger partial charge on any atom is -0.395 e. The van der Waals surface area contributed by atoms with Gasteiger partial charge in [-0.05, 0) is 12.8 Å². The molecule has 1 aliphatic carbocycles. The van der Waals surface area contributed by atoms with Gasteiger partial charge in [-0.2, -0.15) is 0 Å². The first-order chi connectivity index (χ1) is 7.38. The summed E-state index contributed by atoms with van der Waals surface area (Å²) in [4.78, 5) is 2.22. The molecular formula is C10H25N3O2. The summed E-state index contributed by atoms with van der Waals surface area (Å²) in [5, 5.41) is 17.7. The third-order valence-electron chi connectivity index (χ3n) is 2.87. The van der Waals surface area contributed by atoms with Gasteiger partial charge in [0.2, 0.25) is 0 Å². The molecular weight excluding hydrogens is 194 g/mol. The molecule has 0 aromatic heterocycles. The van der Waals surface area contributed by atoms with Crippen LogP contribution in [0.15, 0.2) is 0 Å². The van der Waals surface area contributed by atoms with Crippen LogP contribution in [0.4, 0.5) is 0 Å². The fraction of sp³-hybridized carbons (Fsp3) is 1.00. The molecule has 5 nitrogen and oxygen atoms in total. The number of aliphatic hydroxyl groups excluding tert-OH is 2. The third-order valence-corrected chi connectivity index (χ3v) is 2.87. The van der Waals surface area contributed by atoms with Crippen LogP contribution in [-0.2, 0) is 0 Å². The third kappa shape index (κ3) is 6.06. The Hall–Kier alpha value is -0.200. The van der Waals surface area contributed by atoms with Gasteiger partial charge in [-0.15, -0.1) is 0 Å². The molecule has 0 aromatic rings. The topological polar surface area (TPSA) is 95.7 Å². The van der Waals surface area contributed by atoms with Crippen molar-refractivity contribution >= 4 is 0 Å². The second kappa shape index (κ2) is 10.3.